The van der Waals surface area contributed by atoms with E-state index in [-0.39, 0.29) is 53.8 Å². The molecule has 4 rings (SSSR count). The molecule has 1 saturated carbocycles. The summed E-state index contributed by atoms with van der Waals surface area (Å²) in [5, 5.41) is 29.3. The Balaban J connectivity index is 1.53. The van der Waals surface area contributed by atoms with Gasteiger partial charge in [0.25, 0.3) is 0 Å². The first-order valence-electron chi connectivity index (χ1n) is 12.5. The lowest BCUT2D eigenvalue weighted by Crippen LogP contribution is -2.39. The maximum absolute atomic E-state index is 13.1. The standard InChI is InChI=1S/C30H30O9/c1-16-10-22(4-7-25(16)31)37-28(34)19-13-20(29(35)38-23-5-8-26(32)17(2)11-23)15-21(14-19)30(36)39-24-6-9-27(33)18(3)12-24/h4-12,19-21,31-33H,13-15H2,1-3H3. The molecule has 3 aromatic rings. The Labute approximate surface area is 225 Å². The number of hydrogen-bond donors (Lipinski definition) is 3. The number of hydrogen-bond acceptors (Lipinski definition) is 9. The summed E-state index contributed by atoms with van der Waals surface area (Å²) in [4.78, 5) is 39.4. The highest BCUT2D eigenvalue weighted by atomic mass is 16.5. The van der Waals surface area contributed by atoms with E-state index in [0.29, 0.717) is 16.7 Å². The van der Waals surface area contributed by atoms with Crippen LogP contribution in [0.3, 0.4) is 0 Å². The van der Waals surface area contributed by atoms with Gasteiger partial charge in [-0.1, -0.05) is 0 Å². The molecule has 1 fully saturated rings. The van der Waals surface area contributed by atoms with Crippen molar-refractivity contribution >= 4 is 17.9 Å². The highest BCUT2D eigenvalue weighted by Crippen LogP contribution is 2.37. The van der Waals surface area contributed by atoms with Gasteiger partial charge in [-0.25, -0.2) is 0 Å². The summed E-state index contributed by atoms with van der Waals surface area (Å²) < 4.78 is 16.6. The fourth-order valence-electron chi connectivity index (χ4n) is 4.57. The molecule has 0 saturated heterocycles. The molecule has 0 unspecified atom stereocenters. The van der Waals surface area contributed by atoms with Gasteiger partial charge in [0.05, 0.1) is 17.8 Å². The van der Waals surface area contributed by atoms with Gasteiger partial charge < -0.3 is 29.5 Å². The summed E-state index contributed by atoms with van der Waals surface area (Å²) in [5.74, 6) is -3.35. The number of rotatable bonds is 6. The van der Waals surface area contributed by atoms with Crippen LogP contribution in [0.4, 0.5) is 0 Å². The SMILES string of the molecule is Cc1cc(OC(=O)C2CC(C(=O)Oc3ccc(O)c(C)c3)CC(C(=O)Oc3ccc(O)c(C)c3)C2)ccc1O. The molecule has 3 N–H and O–H groups in total. The van der Waals surface area contributed by atoms with E-state index >= 15 is 0 Å². The fourth-order valence-corrected chi connectivity index (χ4v) is 4.57. The zero-order chi connectivity index (χ0) is 28.3. The first-order chi connectivity index (χ1) is 18.5. The maximum Gasteiger partial charge on any atom is 0.314 e. The summed E-state index contributed by atoms with van der Waals surface area (Å²) in [6.45, 7) is 5.00. The number of aromatic hydroxyl groups is 3. The largest absolute Gasteiger partial charge is 0.508 e. The summed E-state index contributed by atoms with van der Waals surface area (Å²) in [7, 11) is 0. The van der Waals surface area contributed by atoms with Gasteiger partial charge >= 0.3 is 17.9 Å². The molecule has 0 radical (unpaired) electrons. The minimum absolute atomic E-state index is 0.0621. The quantitative estimate of drug-likeness (QED) is 0.298. The van der Waals surface area contributed by atoms with Crippen LogP contribution in [0.15, 0.2) is 54.6 Å². The van der Waals surface area contributed by atoms with E-state index in [2.05, 4.69) is 0 Å². The average molecular weight is 535 g/mol. The third-order valence-corrected chi connectivity index (χ3v) is 6.87. The molecule has 0 amide bonds. The molecule has 1 aliphatic carbocycles. The van der Waals surface area contributed by atoms with Crippen molar-refractivity contribution in [3.05, 3.63) is 71.3 Å². The predicted octanol–water partition coefficient (Wildman–Crippen LogP) is 4.88. The molecule has 0 aliphatic heterocycles. The van der Waals surface area contributed by atoms with Gasteiger partial charge in [0.2, 0.25) is 0 Å². The van der Waals surface area contributed by atoms with Crippen molar-refractivity contribution in [1.29, 1.82) is 0 Å². The Morgan fingerprint density at radius 1 is 0.538 bits per heavy atom. The molecule has 0 spiro atoms. The molecule has 0 atom stereocenters. The van der Waals surface area contributed by atoms with E-state index in [9.17, 15) is 29.7 Å². The molecule has 9 nitrogen and oxygen atoms in total. The molecule has 3 aromatic carbocycles. The normalized spacial score (nSPS) is 18.7. The van der Waals surface area contributed by atoms with Crippen LogP contribution in [0.2, 0.25) is 0 Å². The second-order valence-corrected chi connectivity index (χ2v) is 9.91. The lowest BCUT2D eigenvalue weighted by Gasteiger charge is -2.31. The molecule has 0 aromatic heterocycles. The smallest absolute Gasteiger partial charge is 0.314 e. The van der Waals surface area contributed by atoms with Gasteiger partial charge in [-0.05, 0) is 111 Å². The van der Waals surface area contributed by atoms with Gasteiger partial charge in [-0.15, -0.1) is 0 Å². The molecular weight excluding hydrogens is 504 g/mol. The third kappa shape index (κ3) is 6.67. The molecule has 39 heavy (non-hydrogen) atoms. The topological polar surface area (TPSA) is 140 Å². The second kappa shape index (κ2) is 11.5. The number of carbonyl (C=O) groups excluding carboxylic acids is 3. The van der Waals surface area contributed by atoms with Crippen molar-refractivity contribution in [2.24, 2.45) is 17.8 Å². The number of ether oxygens (including phenoxy) is 3. The lowest BCUT2D eigenvalue weighted by atomic mass is 9.75. The molecule has 0 bridgehead atoms. The Bertz CT molecular complexity index is 1240. The highest BCUT2D eigenvalue weighted by Gasteiger charge is 2.41. The fraction of sp³-hybridized carbons (Fsp3) is 0.300. The number of phenolic OH excluding ortho intramolecular Hbond substituents is 3. The van der Waals surface area contributed by atoms with Gasteiger partial charge in [-0.2, -0.15) is 0 Å². The first kappa shape index (κ1) is 27.5. The zero-order valence-corrected chi connectivity index (χ0v) is 21.8. The van der Waals surface area contributed by atoms with Crippen molar-refractivity contribution < 1.29 is 43.9 Å². The number of esters is 3. The summed E-state index contributed by atoms with van der Waals surface area (Å²) in [5.41, 5.74) is 1.58. The molecule has 0 heterocycles. The summed E-state index contributed by atoms with van der Waals surface area (Å²) in [6.07, 6.45) is 0.315. The number of aryl methyl sites for hydroxylation is 3. The van der Waals surface area contributed by atoms with E-state index < -0.39 is 35.7 Å². The van der Waals surface area contributed by atoms with E-state index in [1.54, 1.807) is 20.8 Å². The lowest BCUT2D eigenvalue weighted by molar-refractivity contribution is -0.150. The van der Waals surface area contributed by atoms with E-state index in [0.717, 1.165) is 0 Å². The Morgan fingerprint density at radius 3 is 1.03 bits per heavy atom. The van der Waals surface area contributed by atoms with Crippen LogP contribution < -0.4 is 14.2 Å². The van der Waals surface area contributed by atoms with Gasteiger partial charge in [0, 0.05) is 0 Å². The highest BCUT2D eigenvalue weighted by molar-refractivity contribution is 5.83. The third-order valence-electron chi connectivity index (χ3n) is 6.87. The first-order valence-corrected chi connectivity index (χ1v) is 12.5. The van der Waals surface area contributed by atoms with Gasteiger partial charge in [-0.3, -0.25) is 14.4 Å². The maximum atomic E-state index is 13.1. The Hall–Kier alpha value is -4.53. The molecule has 9 heteroatoms. The number of benzene rings is 3. The minimum Gasteiger partial charge on any atom is -0.508 e. The number of phenols is 3. The average Bonchev–Trinajstić information content (AvgIpc) is 2.90. The van der Waals surface area contributed by atoms with Crippen molar-refractivity contribution in [2.75, 3.05) is 0 Å². The summed E-state index contributed by atoms with van der Waals surface area (Å²) in [6, 6.07) is 13.2. The van der Waals surface area contributed by atoms with Crippen LogP contribution in [0, 0.1) is 38.5 Å². The molecular formula is C30H30O9. The minimum atomic E-state index is -0.800. The Kier molecular flexibility index (Phi) is 8.09. The summed E-state index contributed by atoms with van der Waals surface area (Å²) >= 11 is 0. The molecule has 204 valence electrons. The van der Waals surface area contributed by atoms with E-state index in [1.807, 2.05) is 0 Å². The van der Waals surface area contributed by atoms with Crippen molar-refractivity contribution in [3.63, 3.8) is 0 Å². The van der Waals surface area contributed by atoms with Crippen LogP contribution in [0.25, 0.3) is 0 Å². The van der Waals surface area contributed by atoms with Crippen molar-refractivity contribution in [3.8, 4) is 34.5 Å². The molecule has 1 aliphatic rings. The monoisotopic (exact) mass is 534 g/mol. The second-order valence-electron chi connectivity index (χ2n) is 9.91. The van der Waals surface area contributed by atoms with Crippen LogP contribution in [-0.2, 0) is 14.4 Å². The van der Waals surface area contributed by atoms with Crippen LogP contribution in [-0.4, -0.2) is 33.2 Å². The zero-order valence-electron chi connectivity index (χ0n) is 21.8. The predicted molar refractivity (Wildman–Crippen MR) is 140 cm³/mol. The van der Waals surface area contributed by atoms with E-state index in [1.165, 1.54) is 54.6 Å². The van der Waals surface area contributed by atoms with Gasteiger partial charge in [0.1, 0.15) is 34.5 Å². The van der Waals surface area contributed by atoms with E-state index in [4.69, 9.17) is 14.2 Å². The van der Waals surface area contributed by atoms with Gasteiger partial charge in [0.15, 0.2) is 0 Å². The van der Waals surface area contributed by atoms with Crippen LogP contribution >= 0.6 is 0 Å². The van der Waals surface area contributed by atoms with Crippen LogP contribution in [0.5, 0.6) is 34.5 Å². The van der Waals surface area contributed by atoms with Crippen molar-refractivity contribution in [1.82, 2.24) is 0 Å². The Morgan fingerprint density at radius 2 is 0.795 bits per heavy atom. The van der Waals surface area contributed by atoms with Crippen molar-refractivity contribution in [2.45, 2.75) is 40.0 Å². The number of carbonyl (C=O) groups is 3. The van der Waals surface area contributed by atoms with Crippen LogP contribution in [0.1, 0.15) is 36.0 Å².